The number of rotatable bonds is 7. The second kappa shape index (κ2) is 9.26. The molecule has 10 heteroatoms. The predicted octanol–water partition coefficient (Wildman–Crippen LogP) is 6.21. The molecule has 2 aromatic heterocycles. The van der Waals surface area contributed by atoms with Gasteiger partial charge < -0.3 is 19.5 Å². The number of hydrogen-bond acceptors (Lipinski definition) is 6. The highest BCUT2D eigenvalue weighted by molar-refractivity contribution is 7.97. The fourth-order valence-electron chi connectivity index (χ4n) is 8.29. The minimum absolute atomic E-state index is 0.163. The van der Waals surface area contributed by atoms with Crippen molar-refractivity contribution >= 4 is 23.5 Å². The molecule has 216 valence electrons. The molecular formula is C32H30F2N4O3S. The molecule has 0 radical (unpaired) electrons. The first-order chi connectivity index (χ1) is 20.3. The molecule has 3 N–H and O–H groups in total. The summed E-state index contributed by atoms with van der Waals surface area (Å²) < 4.78 is 38.5. The Morgan fingerprint density at radius 1 is 1.14 bits per heavy atom. The van der Waals surface area contributed by atoms with Crippen LogP contribution in [-0.2, 0) is 18.6 Å². The summed E-state index contributed by atoms with van der Waals surface area (Å²) in [5.74, 6) is -0.924. The minimum Gasteiger partial charge on any atom is -0.383 e. The zero-order valence-electron chi connectivity index (χ0n) is 23.0. The van der Waals surface area contributed by atoms with Gasteiger partial charge >= 0.3 is 0 Å². The number of nitrogens with zero attached hydrogens (tertiary/aromatic N) is 2. The highest BCUT2D eigenvalue weighted by atomic mass is 32.2. The van der Waals surface area contributed by atoms with Gasteiger partial charge in [0.15, 0.2) is 17.4 Å². The van der Waals surface area contributed by atoms with Crippen LogP contribution in [0, 0.1) is 35.8 Å². The number of carbonyl (C=O) groups excluding carboxylic acids is 1. The van der Waals surface area contributed by atoms with Gasteiger partial charge in [-0.2, -0.15) is 0 Å². The second-order valence-corrected chi connectivity index (χ2v) is 13.0. The quantitative estimate of drug-likeness (QED) is 0.222. The van der Waals surface area contributed by atoms with Gasteiger partial charge in [-0.15, -0.1) is 0 Å². The Kier molecular flexibility index (Phi) is 5.77. The van der Waals surface area contributed by atoms with Crippen LogP contribution < -0.4 is 10.0 Å². The van der Waals surface area contributed by atoms with Crippen LogP contribution in [0.3, 0.4) is 0 Å². The number of nitrogens with one attached hydrogen (secondary N) is 2. The minimum atomic E-state index is -0.999. The van der Waals surface area contributed by atoms with Gasteiger partial charge in [0.1, 0.15) is 17.0 Å². The predicted molar refractivity (Wildman–Crippen MR) is 154 cm³/mol. The number of carbonyl (C=O) groups is 1. The normalized spacial score (nSPS) is 28.6. The largest absolute Gasteiger partial charge is 0.383 e. The summed E-state index contributed by atoms with van der Waals surface area (Å²) in [7, 11) is 0. The monoisotopic (exact) mass is 588 g/mol. The maximum atomic E-state index is 13.7. The van der Waals surface area contributed by atoms with Gasteiger partial charge in [-0.3, -0.25) is 9.52 Å². The van der Waals surface area contributed by atoms with Crippen LogP contribution in [0.2, 0.25) is 0 Å². The van der Waals surface area contributed by atoms with Crippen LogP contribution in [0.1, 0.15) is 53.1 Å². The van der Waals surface area contributed by atoms with Crippen LogP contribution in [0.15, 0.2) is 64.0 Å². The van der Waals surface area contributed by atoms with Crippen molar-refractivity contribution in [3.05, 3.63) is 88.9 Å². The number of halogens is 2. The second-order valence-electron chi connectivity index (χ2n) is 12.1. The Morgan fingerprint density at radius 3 is 2.71 bits per heavy atom. The Labute approximate surface area is 245 Å². The summed E-state index contributed by atoms with van der Waals surface area (Å²) in [6.45, 7) is 2.69. The Bertz CT molecular complexity index is 1730. The number of aliphatic hydroxyl groups is 1. The third kappa shape index (κ3) is 3.46. The van der Waals surface area contributed by atoms with E-state index < -0.39 is 17.2 Å². The number of benzene rings is 2. The highest BCUT2D eigenvalue weighted by Crippen LogP contribution is 2.81. The lowest BCUT2D eigenvalue weighted by Gasteiger charge is -2.80. The zero-order valence-corrected chi connectivity index (χ0v) is 23.8. The topological polar surface area (TPSA) is 92.3 Å². The molecule has 3 aliphatic carbocycles. The van der Waals surface area contributed by atoms with Crippen molar-refractivity contribution in [2.75, 3.05) is 5.32 Å². The van der Waals surface area contributed by atoms with E-state index in [1.54, 1.807) is 11.9 Å². The molecule has 5 unspecified atom stereocenters. The maximum absolute atomic E-state index is 13.7. The van der Waals surface area contributed by atoms with E-state index >= 15 is 0 Å². The van der Waals surface area contributed by atoms with Crippen LogP contribution in [0.4, 0.5) is 14.5 Å². The molecule has 4 aliphatic rings. The molecule has 3 heterocycles. The van der Waals surface area contributed by atoms with E-state index in [4.69, 9.17) is 4.52 Å². The molecule has 42 heavy (non-hydrogen) atoms. The third-order valence-corrected chi connectivity index (χ3v) is 11.5. The molecule has 1 aliphatic heterocycles. The van der Waals surface area contributed by atoms with E-state index in [0.29, 0.717) is 35.4 Å². The molecule has 3 saturated carbocycles. The van der Waals surface area contributed by atoms with Crippen molar-refractivity contribution < 1.29 is 23.2 Å². The van der Waals surface area contributed by atoms with Crippen molar-refractivity contribution in [3.8, 4) is 11.3 Å². The van der Waals surface area contributed by atoms with Crippen LogP contribution in [-0.4, -0.2) is 26.8 Å². The van der Waals surface area contributed by atoms with Gasteiger partial charge in [0, 0.05) is 52.0 Å². The average Bonchev–Trinajstić information content (AvgIpc) is 3.69. The Balaban J connectivity index is 0.986. The fraction of sp³-hybridized carbons (Fsp3) is 0.375. The van der Waals surface area contributed by atoms with E-state index in [1.165, 1.54) is 6.07 Å². The summed E-state index contributed by atoms with van der Waals surface area (Å²) in [6.07, 6.45) is 4.49. The van der Waals surface area contributed by atoms with Crippen molar-refractivity contribution in [2.24, 2.45) is 17.3 Å². The number of hydrogen-bond donors (Lipinski definition) is 3. The molecule has 3 fully saturated rings. The molecular weight excluding hydrogens is 558 g/mol. The molecule has 5 atom stereocenters. The number of anilines is 1. The molecule has 8 rings (SSSR count). The summed E-state index contributed by atoms with van der Waals surface area (Å²) in [6, 6.07) is 15.3. The van der Waals surface area contributed by atoms with E-state index in [2.05, 4.69) is 19.8 Å². The summed E-state index contributed by atoms with van der Waals surface area (Å²) in [5.41, 5.74) is 3.21. The standard InChI is InChI=1S/C32H30F2N4O3S/c1-17-28(30(39)35-19-9-10-22(33)23(34)14-19)38-13-5-8-24(38)29(17)42-37-27-20-11-12-31(20)21(27)16-32(31,40)26-15-25(41-36-26)18-6-3-2-4-7-18/h2-4,6-7,9-10,14-15,20-21,27,37,40H,5,8,11-13,16H2,1H3,(H,35,39). The lowest BCUT2D eigenvalue weighted by atomic mass is 9.26. The van der Waals surface area contributed by atoms with Gasteiger partial charge in [0.25, 0.3) is 5.91 Å². The van der Waals surface area contributed by atoms with Crippen molar-refractivity contribution in [1.82, 2.24) is 14.4 Å². The number of amides is 1. The van der Waals surface area contributed by atoms with Crippen LogP contribution >= 0.6 is 11.9 Å². The van der Waals surface area contributed by atoms with Gasteiger partial charge in [-0.25, -0.2) is 8.78 Å². The molecule has 7 nitrogen and oxygen atoms in total. The van der Waals surface area contributed by atoms with Gasteiger partial charge in [-0.05, 0) is 80.5 Å². The first kappa shape index (κ1) is 26.2. The van der Waals surface area contributed by atoms with E-state index in [-0.39, 0.29) is 23.1 Å². The van der Waals surface area contributed by atoms with Gasteiger partial charge in [-0.1, -0.05) is 35.5 Å². The zero-order chi connectivity index (χ0) is 28.8. The molecule has 1 spiro atoms. The number of fused-ring (bicyclic) bond motifs is 1. The first-order valence-corrected chi connectivity index (χ1v) is 15.3. The van der Waals surface area contributed by atoms with Crippen molar-refractivity contribution in [3.63, 3.8) is 0 Å². The molecule has 0 saturated heterocycles. The lowest BCUT2D eigenvalue weighted by Crippen LogP contribution is -2.84. The van der Waals surface area contributed by atoms with Crippen molar-refractivity contribution in [2.45, 2.75) is 62.1 Å². The number of aromatic nitrogens is 2. The van der Waals surface area contributed by atoms with Crippen molar-refractivity contribution in [1.29, 1.82) is 0 Å². The molecule has 4 aromatic rings. The third-order valence-electron chi connectivity index (χ3n) is 10.4. The Morgan fingerprint density at radius 2 is 1.98 bits per heavy atom. The van der Waals surface area contributed by atoms with E-state index in [9.17, 15) is 18.7 Å². The van der Waals surface area contributed by atoms with Gasteiger partial charge in [0.2, 0.25) is 0 Å². The smallest absolute Gasteiger partial charge is 0.272 e. The summed E-state index contributed by atoms with van der Waals surface area (Å²) in [4.78, 5) is 14.4. The lowest BCUT2D eigenvalue weighted by molar-refractivity contribution is -0.367. The van der Waals surface area contributed by atoms with Crippen LogP contribution in [0.25, 0.3) is 11.3 Å². The van der Waals surface area contributed by atoms with Crippen LogP contribution in [0.5, 0.6) is 0 Å². The summed E-state index contributed by atoms with van der Waals surface area (Å²) in [5, 5.41) is 18.9. The summed E-state index contributed by atoms with van der Waals surface area (Å²) >= 11 is 1.58. The Hall–Kier alpha value is -3.47. The average molecular weight is 589 g/mol. The van der Waals surface area contributed by atoms with E-state index in [0.717, 1.165) is 66.1 Å². The molecule has 1 amide bonds. The molecule has 0 bridgehead atoms. The van der Waals surface area contributed by atoms with E-state index in [1.807, 2.05) is 43.3 Å². The van der Waals surface area contributed by atoms with Gasteiger partial charge in [0.05, 0.1) is 0 Å². The first-order valence-electron chi connectivity index (χ1n) is 14.5. The SMILES string of the molecule is Cc1c(SNC2C3CCC34C2CC4(O)c2cc(-c3ccccc3)on2)c2n(c1C(=O)Nc1ccc(F)c(F)c1)CCC2. The fourth-order valence-corrected chi connectivity index (χ4v) is 9.45. The highest BCUT2D eigenvalue weighted by Gasteiger charge is 2.82. The maximum Gasteiger partial charge on any atom is 0.272 e. The molecule has 2 aromatic carbocycles.